The molecule has 1 aromatic carbocycles. The molecule has 0 aliphatic carbocycles. The molecule has 0 fully saturated rings. The van der Waals surface area contributed by atoms with Gasteiger partial charge in [-0.2, -0.15) is 0 Å². The van der Waals surface area contributed by atoms with E-state index in [0.29, 0.717) is 5.32 Å². The van der Waals surface area contributed by atoms with Crippen LogP contribution in [0.2, 0.25) is 0 Å². The van der Waals surface area contributed by atoms with Gasteiger partial charge in [-0.25, -0.2) is 0 Å². The number of nitrogens with zero attached hydrogens (tertiary/aromatic N) is 2. The normalized spacial score (nSPS) is 12.6. The Labute approximate surface area is 92.9 Å². The average molecular weight is 267 g/mol. The first-order chi connectivity index (χ1) is 7.27. The Morgan fingerprint density at radius 1 is 1.33 bits per heavy atom. The Kier molecular flexibility index (Phi) is 3.09. The fourth-order valence-electron chi connectivity index (χ4n) is 1.36. The minimum atomic E-state index is -2.04. The molecular weight excluding hydrogens is 255 g/mol. The summed E-state index contributed by atoms with van der Waals surface area (Å²) in [5.74, 6) is 0. The zero-order valence-electron chi connectivity index (χ0n) is 8.46. The molecule has 0 saturated carbocycles. The molecule has 1 aromatic heterocycles. The molecule has 2 rings (SSSR count). The van der Waals surface area contributed by atoms with Crippen LogP contribution in [0.5, 0.6) is 0 Å². The van der Waals surface area contributed by atoms with Crippen molar-refractivity contribution in [3.63, 3.8) is 0 Å². The van der Waals surface area contributed by atoms with Crippen LogP contribution in [-0.2, 0) is 16.2 Å². The Morgan fingerprint density at radius 3 is 2.67 bits per heavy atom. The number of hydrogen-bond donors (Lipinski definition) is 0. The first-order valence-electron chi connectivity index (χ1n) is 4.67. The van der Waals surface area contributed by atoms with E-state index in [2.05, 4.69) is 4.98 Å². The van der Waals surface area contributed by atoms with E-state index in [1.807, 2.05) is 48.1 Å². The van der Waals surface area contributed by atoms with Crippen LogP contribution in [0.4, 0.5) is 0 Å². The predicted octanol–water partition coefficient (Wildman–Crippen LogP) is 0.831. The van der Waals surface area contributed by atoms with E-state index in [0.717, 1.165) is 10.3 Å². The average Bonchev–Trinajstić information content (AvgIpc) is 2.66. The van der Waals surface area contributed by atoms with E-state index in [9.17, 15) is 3.83 Å². The van der Waals surface area contributed by atoms with Gasteiger partial charge in [0, 0.05) is 0 Å². The molecule has 0 N–H and O–H groups in total. The molecule has 1 unspecified atom stereocenters. The molecule has 0 saturated heterocycles. The van der Waals surface area contributed by atoms with Gasteiger partial charge in [-0.15, -0.1) is 0 Å². The van der Waals surface area contributed by atoms with E-state index in [4.69, 9.17) is 0 Å². The van der Waals surface area contributed by atoms with Gasteiger partial charge in [-0.3, -0.25) is 0 Å². The summed E-state index contributed by atoms with van der Waals surface area (Å²) in [6, 6.07) is 9.89. The van der Waals surface area contributed by atoms with Crippen LogP contribution in [0.15, 0.2) is 42.7 Å². The Morgan fingerprint density at radius 2 is 2.07 bits per heavy atom. The second-order valence-corrected chi connectivity index (χ2v) is 6.12. The second kappa shape index (κ2) is 4.51. The summed E-state index contributed by atoms with van der Waals surface area (Å²) in [4.78, 5) is 4.12. The summed E-state index contributed by atoms with van der Waals surface area (Å²) < 4.78 is 14.6. The number of aryl methyl sites for hydroxylation is 1. The van der Waals surface area contributed by atoms with Gasteiger partial charge in [0.25, 0.3) is 0 Å². The monoisotopic (exact) mass is 268 g/mol. The first-order valence-corrected chi connectivity index (χ1v) is 7.44. The van der Waals surface area contributed by atoms with Crippen molar-refractivity contribution in [1.82, 2.24) is 9.55 Å². The van der Waals surface area contributed by atoms with Crippen LogP contribution in [0.25, 0.3) is 0 Å². The molecular formula is C11H12N2OSe. The molecule has 2 aromatic rings. The van der Waals surface area contributed by atoms with Crippen LogP contribution in [0.1, 0.15) is 5.56 Å². The van der Waals surface area contributed by atoms with Crippen molar-refractivity contribution < 1.29 is 3.83 Å². The SMILES string of the molecule is Cn1ccnc1[Se](=O)Cc1ccccc1. The van der Waals surface area contributed by atoms with Crippen molar-refractivity contribution in [3.8, 4) is 0 Å². The van der Waals surface area contributed by atoms with Gasteiger partial charge in [-0.1, -0.05) is 0 Å². The fourth-order valence-corrected chi connectivity index (χ4v) is 3.85. The van der Waals surface area contributed by atoms with Crippen LogP contribution < -0.4 is 4.72 Å². The summed E-state index contributed by atoms with van der Waals surface area (Å²) in [5.41, 5.74) is 1.11. The predicted molar refractivity (Wildman–Crippen MR) is 59.4 cm³/mol. The van der Waals surface area contributed by atoms with Crippen molar-refractivity contribution in [2.24, 2.45) is 7.05 Å². The van der Waals surface area contributed by atoms with Gasteiger partial charge in [-0.05, 0) is 0 Å². The van der Waals surface area contributed by atoms with Crippen molar-refractivity contribution in [2.45, 2.75) is 5.32 Å². The maximum absolute atomic E-state index is 12.0. The maximum atomic E-state index is 12.0. The van der Waals surface area contributed by atoms with Crippen LogP contribution >= 0.6 is 0 Å². The second-order valence-electron chi connectivity index (χ2n) is 3.30. The van der Waals surface area contributed by atoms with Crippen LogP contribution in [0, 0.1) is 0 Å². The van der Waals surface area contributed by atoms with Gasteiger partial charge in [0.1, 0.15) is 0 Å². The third-order valence-corrected chi connectivity index (χ3v) is 5.05. The molecule has 0 amide bonds. The molecule has 0 radical (unpaired) electrons. The number of benzene rings is 1. The molecule has 0 aliphatic heterocycles. The van der Waals surface area contributed by atoms with Crippen molar-refractivity contribution >= 4 is 18.6 Å². The van der Waals surface area contributed by atoms with Gasteiger partial charge >= 0.3 is 92.6 Å². The summed E-state index contributed by atoms with van der Waals surface area (Å²) >= 11 is -2.04. The fraction of sp³-hybridized carbons (Fsp3) is 0.182. The molecule has 3 nitrogen and oxygen atoms in total. The van der Waals surface area contributed by atoms with Gasteiger partial charge < -0.3 is 0 Å². The van der Waals surface area contributed by atoms with E-state index < -0.39 is 13.8 Å². The summed E-state index contributed by atoms with van der Waals surface area (Å²) in [6.45, 7) is 0. The third-order valence-electron chi connectivity index (χ3n) is 2.12. The number of hydrogen-bond acceptors (Lipinski definition) is 2. The van der Waals surface area contributed by atoms with Crippen LogP contribution in [0.3, 0.4) is 0 Å². The number of imidazole rings is 1. The molecule has 15 heavy (non-hydrogen) atoms. The molecule has 1 heterocycles. The zero-order valence-corrected chi connectivity index (χ0v) is 10.2. The topological polar surface area (TPSA) is 34.9 Å². The first kappa shape index (κ1) is 10.3. The summed E-state index contributed by atoms with van der Waals surface area (Å²) in [6.07, 6.45) is 3.52. The molecule has 0 bridgehead atoms. The standard InChI is InChI=1S/C11H12N2OSe/c1-13-8-7-12-11(13)15(14)9-10-5-3-2-4-6-10/h2-8H,9H2,1H3. The molecule has 0 aliphatic rings. The quantitative estimate of drug-likeness (QED) is 0.772. The van der Waals surface area contributed by atoms with Crippen molar-refractivity contribution in [3.05, 3.63) is 48.3 Å². The minimum absolute atomic E-state index is 0.617. The van der Waals surface area contributed by atoms with Gasteiger partial charge in [0.05, 0.1) is 0 Å². The Balaban J connectivity index is 2.15. The van der Waals surface area contributed by atoms with Crippen molar-refractivity contribution in [1.29, 1.82) is 0 Å². The Hall–Kier alpha value is -1.25. The van der Waals surface area contributed by atoms with E-state index in [1.54, 1.807) is 6.20 Å². The summed E-state index contributed by atoms with van der Waals surface area (Å²) in [7, 11) is 1.88. The van der Waals surface area contributed by atoms with Gasteiger partial charge in [0.2, 0.25) is 0 Å². The zero-order chi connectivity index (χ0) is 10.7. The van der Waals surface area contributed by atoms with Crippen molar-refractivity contribution in [2.75, 3.05) is 0 Å². The molecule has 78 valence electrons. The number of aromatic nitrogens is 2. The molecule has 1 atom stereocenters. The van der Waals surface area contributed by atoms with E-state index >= 15 is 0 Å². The third kappa shape index (κ3) is 2.41. The number of rotatable bonds is 3. The van der Waals surface area contributed by atoms with Crippen LogP contribution in [-0.4, -0.2) is 23.4 Å². The summed E-state index contributed by atoms with van der Waals surface area (Å²) in [5, 5.41) is 0.617. The molecule has 4 heteroatoms. The Bertz CT molecular complexity index is 464. The van der Waals surface area contributed by atoms with E-state index in [1.165, 1.54) is 0 Å². The molecule has 0 spiro atoms. The van der Waals surface area contributed by atoms with E-state index in [-0.39, 0.29) is 0 Å². The van der Waals surface area contributed by atoms with Gasteiger partial charge in [0.15, 0.2) is 0 Å².